The Hall–Kier alpha value is -0.220. The quantitative estimate of drug-likeness (QED) is 0.763. The molecule has 0 aromatic heterocycles. The van der Waals surface area contributed by atoms with Gasteiger partial charge in [-0.25, -0.2) is 0 Å². The largest absolute Gasteiger partial charge is 0.341 e. The zero-order valence-electron chi connectivity index (χ0n) is 11.1. The molecule has 4 heteroatoms. The van der Waals surface area contributed by atoms with E-state index in [1.807, 2.05) is 0 Å². The topological polar surface area (TPSA) is 23.6 Å². The summed E-state index contributed by atoms with van der Waals surface area (Å²) in [6, 6.07) is 0.786. The van der Waals surface area contributed by atoms with Crippen LogP contribution in [0.15, 0.2) is 0 Å². The lowest BCUT2D eigenvalue weighted by molar-refractivity contribution is -0.138. The summed E-state index contributed by atoms with van der Waals surface area (Å²) in [7, 11) is 0. The fraction of sp³-hybridized carbons (Fsp3) is 0.929. The normalized spacial score (nSPS) is 31.1. The molecule has 0 bridgehead atoms. The summed E-state index contributed by atoms with van der Waals surface area (Å²) in [5.41, 5.74) is 0. The van der Waals surface area contributed by atoms with Crippen LogP contribution in [-0.4, -0.2) is 59.4 Å². The molecule has 0 aromatic rings. The van der Waals surface area contributed by atoms with Crippen molar-refractivity contribution in [2.75, 3.05) is 37.7 Å². The third-order valence-electron chi connectivity index (χ3n) is 4.72. The van der Waals surface area contributed by atoms with Gasteiger partial charge in [0.25, 0.3) is 0 Å². The van der Waals surface area contributed by atoms with Gasteiger partial charge in [0.15, 0.2) is 0 Å². The average Bonchev–Trinajstić information content (AvgIpc) is 2.71. The molecule has 1 amide bonds. The maximum absolute atomic E-state index is 12.3. The summed E-state index contributed by atoms with van der Waals surface area (Å²) < 4.78 is 0. The molecule has 2 aliphatic heterocycles. The molecule has 3 nitrogen and oxygen atoms in total. The SMILES string of the molecule is O=C(C1CCC1)N1CCCN(C2CCSC2)CC1. The highest BCUT2D eigenvalue weighted by molar-refractivity contribution is 7.99. The Morgan fingerprint density at radius 1 is 1.00 bits per heavy atom. The summed E-state index contributed by atoms with van der Waals surface area (Å²) in [5.74, 6) is 3.45. The first-order valence-corrected chi connectivity index (χ1v) is 8.60. The predicted molar refractivity (Wildman–Crippen MR) is 75.8 cm³/mol. The van der Waals surface area contributed by atoms with Crippen molar-refractivity contribution in [3.05, 3.63) is 0 Å². The van der Waals surface area contributed by atoms with Crippen LogP contribution in [0.4, 0.5) is 0 Å². The van der Waals surface area contributed by atoms with Gasteiger partial charge in [0.05, 0.1) is 0 Å². The van der Waals surface area contributed by atoms with Gasteiger partial charge in [-0.05, 0) is 31.4 Å². The highest BCUT2D eigenvalue weighted by atomic mass is 32.2. The van der Waals surface area contributed by atoms with Gasteiger partial charge in [0.1, 0.15) is 0 Å². The standard InChI is InChI=1S/C14H24N2OS/c17-14(12-3-1-4-12)16-7-2-6-15(8-9-16)13-5-10-18-11-13/h12-13H,1-11H2. The summed E-state index contributed by atoms with van der Waals surface area (Å²) in [6.07, 6.45) is 6.05. The van der Waals surface area contributed by atoms with Crippen molar-refractivity contribution in [3.63, 3.8) is 0 Å². The van der Waals surface area contributed by atoms with Gasteiger partial charge in [-0.2, -0.15) is 11.8 Å². The lowest BCUT2D eigenvalue weighted by Crippen LogP contribution is -2.42. The minimum atomic E-state index is 0.374. The molecule has 3 rings (SSSR count). The van der Waals surface area contributed by atoms with Gasteiger partial charge < -0.3 is 4.90 Å². The molecule has 102 valence electrons. The summed E-state index contributed by atoms with van der Waals surface area (Å²) in [6.45, 7) is 4.26. The minimum Gasteiger partial charge on any atom is -0.341 e. The Labute approximate surface area is 114 Å². The van der Waals surface area contributed by atoms with Gasteiger partial charge in [-0.3, -0.25) is 9.69 Å². The molecule has 2 heterocycles. The molecule has 2 saturated heterocycles. The van der Waals surface area contributed by atoms with E-state index in [-0.39, 0.29) is 0 Å². The lowest BCUT2D eigenvalue weighted by Gasteiger charge is -2.31. The number of thioether (sulfide) groups is 1. The number of amides is 1. The number of carbonyl (C=O) groups is 1. The van der Waals surface area contributed by atoms with E-state index in [1.165, 1.54) is 37.3 Å². The number of rotatable bonds is 2. The highest BCUT2D eigenvalue weighted by Crippen LogP contribution is 2.29. The monoisotopic (exact) mass is 268 g/mol. The highest BCUT2D eigenvalue weighted by Gasteiger charge is 2.31. The van der Waals surface area contributed by atoms with Crippen LogP contribution in [0.25, 0.3) is 0 Å². The molecule has 0 N–H and O–H groups in total. The minimum absolute atomic E-state index is 0.374. The summed E-state index contributed by atoms with van der Waals surface area (Å²) >= 11 is 2.09. The van der Waals surface area contributed by atoms with Crippen molar-refractivity contribution in [2.24, 2.45) is 5.92 Å². The van der Waals surface area contributed by atoms with E-state index < -0.39 is 0 Å². The Morgan fingerprint density at radius 2 is 1.89 bits per heavy atom. The van der Waals surface area contributed by atoms with Crippen LogP contribution in [0.5, 0.6) is 0 Å². The van der Waals surface area contributed by atoms with Crippen LogP contribution in [0.1, 0.15) is 32.1 Å². The Morgan fingerprint density at radius 3 is 2.56 bits per heavy atom. The van der Waals surface area contributed by atoms with E-state index in [9.17, 15) is 4.79 Å². The second kappa shape index (κ2) is 5.83. The molecule has 18 heavy (non-hydrogen) atoms. The molecule has 3 aliphatic rings. The Balaban J connectivity index is 1.52. The van der Waals surface area contributed by atoms with Gasteiger partial charge in [0, 0.05) is 43.9 Å². The van der Waals surface area contributed by atoms with Gasteiger partial charge >= 0.3 is 0 Å². The van der Waals surface area contributed by atoms with Crippen molar-refractivity contribution >= 4 is 17.7 Å². The van der Waals surface area contributed by atoms with Crippen LogP contribution in [0.3, 0.4) is 0 Å². The Kier molecular flexibility index (Phi) is 4.14. The average molecular weight is 268 g/mol. The van der Waals surface area contributed by atoms with Gasteiger partial charge in [-0.15, -0.1) is 0 Å². The molecular formula is C14H24N2OS. The third-order valence-corrected chi connectivity index (χ3v) is 5.86. The third kappa shape index (κ3) is 2.69. The molecule has 0 radical (unpaired) electrons. The number of hydrogen-bond donors (Lipinski definition) is 0. The van der Waals surface area contributed by atoms with Crippen molar-refractivity contribution < 1.29 is 4.79 Å². The van der Waals surface area contributed by atoms with E-state index in [2.05, 4.69) is 21.6 Å². The number of carbonyl (C=O) groups excluding carboxylic acids is 1. The van der Waals surface area contributed by atoms with E-state index in [1.54, 1.807) is 0 Å². The fourth-order valence-corrected chi connectivity index (χ4v) is 4.50. The maximum atomic E-state index is 12.3. The fourth-order valence-electron chi connectivity index (χ4n) is 3.25. The van der Waals surface area contributed by atoms with Crippen LogP contribution in [0.2, 0.25) is 0 Å². The molecule has 3 fully saturated rings. The van der Waals surface area contributed by atoms with E-state index in [0.717, 1.165) is 38.5 Å². The summed E-state index contributed by atoms with van der Waals surface area (Å²) in [4.78, 5) is 17.0. The van der Waals surface area contributed by atoms with Crippen molar-refractivity contribution in [1.82, 2.24) is 9.80 Å². The van der Waals surface area contributed by atoms with Crippen molar-refractivity contribution in [1.29, 1.82) is 0 Å². The van der Waals surface area contributed by atoms with E-state index in [0.29, 0.717) is 11.8 Å². The first-order valence-electron chi connectivity index (χ1n) is 7.45. The molecule has 1 atom stereocenters. The first-order chi connectivity index (χ1) is 8.84. The number of hydrogen-bond acceptors (Lipinski definition) is 3. The molecular weight excluding hydrogens is 244 g/mol. The van der Waals surface area contributed by atoms with Crippen LogP contribution in [0, 0.1) is 5.92 Å². The second-order valence-electron chi connectivity index (χ2n) is 5.86. The van der Waals surface area contributed by atoms with Crippen LogP contribution < -0.4 is 0 Å². The van der Waals surface area contributed by atoms with E-state index in [4.69, 9.17) is 0 Å². The molecule has 0 spiro atoms. The summed E-state index contributed by atoms with van der Waals surface area (Å²) in [5, 5.41) is 0. The van der Waals surface area contributed by atoms with Crippen molar-refractivity contribution in [2.45, 2.75) is 38.1 Å². The first kappa shape index (κ1) is 12.8. The predicted octanol–water partition coefficient (Wildman–Crippen LogP) is 1.83. The zero-order valence-corrected chi connectivity index (χ0v) is 12.0. The van der Waals surface area contributed by atoms with Crippen LogP contribution in [-0.2, 0) is 4.79 Å². The maximum Gasteiger partial charge on any atom is 0.225 e. The van der Waals surface area contributed by atoms with Crippen LogP contribution >= 0.6 is 11.8 Å². The molecule has 1 unspecified atom stereocenters. The molecule has 1 saturated carbocycles. The second-order valence-corrected chi connectivity index (χ2v) is 7.01. The smallest absolute Gasteiger partial charge is 0.225 e. The van der Waals surface area contributed by atoms with Gasteiger partial charge in [0.2, 0.25) is 5.91 Å². The number of nitrogens with zero attached hydrogens (tertiary/aromatic N) is 2. The van der Waals surface area contributed by atoms with Crippen molar-refractivity contribution in [3.8, 4) is 0 Å². The lowest BCUT2D eigenvalue weighted by atomic mass is 9.84. The molecule has 0 aromatic carbocycles. The van der Waals surface area contributed by atoms with E-state index >= 15 is 0 Å². The molecule has 1 aliphatic carbocycles. The Bertz CT molecular complexity index is 300. The van der Waals surface area contributed by atoms with Gasteiger partial charge in [-0.1, -0.05) is 6.42 Å². The zero-order chi connectivity index (χ0) is 12.4.